The van der Waals surface area contributed by atoms with Gasteiger partial charge in [-0.3, -0.25) is 0 Å². The Kier molecular flexibility index (Phi) is 1.59. The fourth-order valence-electron chi connectivity index (χ4n) is 1.95. The Hall–Kier alpha value is -0.340. The normalized spacial score (nSPS) is 13.1. The van der Waals surface area contributed by atoms with Gasteiger partial charge in [-0.15, -0.1) is 0 Å². The molecule has 0 unspecified atom stereocenters. The van der Waals surface area contributed by atoms with Crippen LogP contribution in [0.1, 0.15) is 11.1 Å². The highest BCUT2D eigenvalue weighted by atomic mass is 79.9. The number of hydrogen-bond acceptors (Lipinski definition) is 0. The van der Waals surface area contributed by atoms with Gasteiger partial charge in [0.25, 0.3) is 0 Å². The first-order valence-corrected chi connectivity index (χ1v) is 5.74. The number of rotatable bonds is 0. The molecular formula is C11H6Br2. The Bertz CT molecular complexity index is 472. The maximum absolute atomic E-state index is 3.58. The van der Waals surface area contributed by atoms with Crippen molar-refractivity contribution in [3.05, 3.63) is 44.3 Å². The molecule has 0 aromatic heterocycles. The van der Waals surface area contributed by atoms with Crippen LogP contribution in [0.25, 0.3) is 10.8 Å². The van der Waals surface area contributed by atoms with Gasteiger partial charge in [0.1, 0.15) is 0 Å². The summed E-state index contributed by atoms with van der Waals surface area (Å²) < 4.78 is 2.36. The Morgan fingerprint density at radius 3 is 1.77 bits per heavy atom. The Morgan fingerprint density at radius 1 is 0.769 bits per heavy atom. The summed E-state index contributed by atoms with van der Waals surface area (Å²) in [6.07, 6.45) is 1.13. The monoisotopic (exact) mass is 296 g/mol. The van der Waals surface area contributed by atoms with E-state index in [0.29, 0.717) is 0 Å². The average molecular weight is 298 g/mol. The van der Waals surface area contributed by atoms with Crippen LogP contribution >= 0.6 is 31.9 Å². The Morgan fingerprint density at radius 2 is 1.31 bits per heavy atom. The molecule has 3 rings (SSSR count). The molecule has 0 aliphatic heterocycles. The van der Waals surface area contributed by atoms with Crippen LogP contribution < -0.4 is 0 Å². The molecule has 2 aromatic rings. The first-order valence-electron chi connectivity index (χ1n) is 4.16. The lowest BCUT2D eigenvalue weighted by Gasteiger charge is -2.21. The van der Waals surface area contributed by atoms with Gasteiger partial charge in [0.05, 0.1) is 0 Å². The van der Waals surface area contributed by atoms with Crippen LogP contribution in [0, 0.1) is 0 Å². The molecule has 2 aromatic carbocycles. The quantitative estimate of drug-likeness (QED) is 0.581. The van der Waals surface area contributed by atoms with Gasteiger partial charge in [-0.05, 0) is 35.1 Å². The smallest absolute Gasteiger partial charge is 0.0265 e. The van der Waals surface area contributed by atoms with Gasteiger partial charge in [-0.1, -0.05) is 44.0 Å². The van der Waals surface area contributed by atoms with Crippen LogP contribution in [-0.4, -0.2) is 0 Å². The summed E-state index contributed by atoms with van der Waals surface area (Å²) in [6.45, 7) is 0. The minimum Gasteiger partial charge on any atom is -0.0569 e. The van der Waals surface area contributed by atoms with Crippen molar-refractivity contribution in [3.63, 3.8) is 0 Å². The van der Waals surface area contributed by atoms with Crippen LogP contribution in [0.15, 0.2) is 33.2 Å². The molecule has 0 saturated carbocycles. The molecule has 1 aliphatic rings. The minimum atomic E-state index is 1.13. The first kappa shape index (κ1) is 8.01. The third-order valence-corrected chi connectivity index (χ3v) is 3.93. The second-order valence-corrected chi connectivity index (χ2v) is 5.05. The summed E-state index contributed by atoms with van der Waals surface area (Å²) in [7, 11) is 0. The van der Waals surface area contributed by atoms with E-state index in [1.807, 2.05) is 0 Å². The van der Waals surface area contributed by atoms with Gasteiger partial charge in [-0.25, -0.2) is 0 Å². The predicted octanol–water partition coefficient (Wildman–Crippen LogP) is 4.27. The maximum atomic E-state index is 3.58. The second kappa shape index (κ2) is 2.58. The molecule has 0 saturated heterocycles. The molecule has 0 nitrogen and oxygen atoms in total. The van der Waals surface area contributed by atoms with Crippen molar-refractivity contribution in [3.8, 4) is 0 Å². The Balaban J connectivity index is 2.60. The van der Waals surface area contributed by atoms with Crippen LogP contribution in [-0.2, 0) is 6.42 Å². The summed E-state index contributed by atoms with van der Waals surface area (Å²) in [5, 5.41) is 2.75. The molecule has 0 fully saturated rings. The van der Waals surface area contributed by atoms with Crippen LogP contribution in [0.4, 0.5) is 0 Å². The molecular weight excluding hydrogens is 292 g/mol. The molecule has 1 aliphatic carbocycles. The zero-order valence-corrected chi connectivity index (χ0v) is 9.94. The van der Waals surface area contributed by atoms with Gasteiger partial charge < -0.3 is 0 Å². The summed E-state index contributed by atoms with van der Waals surface area (Å²) in [4.78, 5) is 0. The molecule has 0 N–H and O–H groups in total. The fourth-order valence-corrected chi connectivity index (χ4v) is 3.31. The van der Waals surface area contributed by atoms with Crippen molar-refractivity contribution < 1.29 is 0 Å². The van der Waals surface area contributed by atoms with Crippen molar-refractivity contribution in [1.29, 1.82) is 0 Å². The largest absolute Gasteiger partial charge is 0.0569 e. The second-order valence-electron chi connectivity index (χ2n) is 3.34. The molecule has 64 valence electrons. The van der Waals surface area contributed by atoms with E-state index in [4.69, 9.17) is 0 Å². The standard InChI is InChI=1S/C11H6Br2/c12-8-3-1-6-5-7-2-4-9(13)11(8)10(6)7/h1-4H,5H2. The third kappa shape index (κ3) is 0.960. The summed E-state index contributed by atoms with van der Waals surface area (Å²) >= 11 is 7.16. The molecule has 0 bridgehead atoms. The van der Waals surface area contributed by atoms with E-state index in [9.17, 15) is 0 Å². The third-order valence-electron chi connectivity index (χ3n) is 2.61. The van der Waals surface area contributed by atoms with E-state index >= 15 is 0 Å². The maximum Gasteiger partial charge on any atom is 0.0265 e. The van der Waals surface area contributed by atoms with Crippen LogP contribution in [0.2, 0.25) is 0 Å². The van der Waals surface area contributed by atoms with Gasteiger partial charge in [0.15, 0.2) is 0 Å². The van der Waals surface area contributed by atoms with Crippen LogP contribution in [0.3, 0.4) is 0 Å². The van der Waals surface area contributed by atoms with Crippen molar-refractivity contribution >= 4 is 42.6 Å². The van der Waals surface area contributed by atoms with Gasteiger partial charge >= 0.3 is 0 Å². The summed E-state index contributed by atoms with van der Waals surface area (Å²) in [5.74, 6) is 0. The lowest BCUT2D eigenvalue weighted by atomic mass is 9.85. The lowest BCUT2D eigenvalue weighted by Crippen LogP contribution is -2.03. The zero-order chi connectivity index (χ0) is 9.00. The Labute approximate surface area is 93.2 Å². The number of benzene rings is 2. The highest BCUT2D eigenvalue weighted by molar-refractivity contribution is 9.11. The van der Waals surface area contributed by atoms with Gasteiger partial charge in [0, 0.05) is 14.3 Å². The van der Waals surface area contributed by atoms with E-state index in [1.54, 1.807) is 0 Å². The van der Waals surface area contributed by atoms with Crippen molar-refractivity contribution in [2.24, 2.45) is 0 Å². The molecule has 2 heteroatoms. The highest BCUT2D eigenvalue weighted by Crippen LogP contribution is 2.41. The molecule has 13 heavy (non-hydrogen) atoms. The van der Waals surface area contributed by atoms with E-state index < -0.39 is 0 Å². The molecule has 0 amide bonds. The van der Waals surface area contributed by atoms with E-state index in [1.165, 1.54) is 30.8 Å². The minimum absolute atomic E-state index is 1.13. The van der Waals surface area contributed by atoms with E-state index in [0.717, 1.165) is 6.42 Å². The number of hydrogen-bond donors (Lipinski definition) is 0. The zero-order valence-electron chi connectivity index (χ0n) is 6.77. The summed E-state index contributed by atoms with van der Waals surface area (Å²) in [5.41, 5.74) is 2.93. The van der Waals surface area contributed by atoms with Gasteiger partial charge in [-0.2, -0.15) is 0 Å². The SMILES string of the molecule is Brc1ccc2c3c(ccc(Br)c13)C2. The molecule has 0 atom stereocenters. The van der Waals surface area contributed by atoms with Gasteiger partial charge in [0.2, 0.25) is 0 Å². The predicted molar refractivity (Wildman–Crippen MR) is 62.2 cm³/mol. The first-order chi connectivity index (χ1) is 6.27. The molecule has 0 spiro atoms. The topological polar surface area (TPSA) is 0 Å². The van der Waals surface area contributed by atoms with Crippen LogP contribution in [0.5, 0.6) is 0 Å². The van der Waals surface area contributed by atoms with E-state index in [-0.39, 0.29) is 0 Å². The fraction of sp³-hybridized carbons (Fsp3) is 0.0909. The lowest BCUT2D eigenvalue weighted by molar-refractivity contribution is 1.16. The van der Waals surface area contributed by atoms with Crippen molar-refractivity contribution in [1.82, 2.24) is 0 Å². The van der Waals surface area contributed by atoms with Crippen molar-refractivity contribution in [2.75, 3.05) is 0 Å². The summed E-state index contributed by atoms with van der Waals surface area (Å²) in [6, 6.07) is 8.66. The number of halogens is 2. The average Bonchev–Trinajstić information content (AvgIpc) is 2.08. The molecule has 0 radical (unpaired) electrons. The van der Waals surface area contributed by atoms with Crippen molar-refractivity contribution in [2.45, 2.75) is 6.42 Å². The highest BCUT2D eigenvalue weighted by Gasteiger charge is 2.19. The molecule has 0 heterocycles. The van der Waals surface area contributed by atoms with E-state index in [2.05, 4.69) is 56.1 Å².